The van der Waals surface area contributed by atoms with E-state index in [2.05, 4.69) is 4.98 Å². The number of furan rings is 1. The van der Waals surface area contributed by atoms with Gasteiger partial charge in [-0.15, -0.1) is 11.3 Å². The molecule has 1 aliphatic heterocycles. The Morgan fingerprint density at radius 3 is 2.80 bits per heavy atom. The molecule has 1 aromatic carbocycles. The van der Waals surface area contributed by atoms with Gasteiger partial charge < -0.3 is 9.32 Å². The van der Waals surface area contributed by atoms with E-state index in [1.807, 2.05) is 30.3 Å². The number of amides is 1. The smallest absolute Gasteiger partial charge is 0.289 e. The number of aromatic nitrogens is 1. The first kappa shape index (κ1) is 11.7. The second-order valence-corrected chi connectivity index (χ2v) is 5.83. The number of hydrogen-bond acceptors (Lipinski definition) is 4. The lowest BCUT2D eigenvalue weighted by molar-refractivity contribution is 0.0620. The van der Waals surface area contributed by atoms with Crippen LogP contribution >= 0.6 is 11.3 Å². The molecule has 1 aliphatic rings. The van der Waals surface area contributed by atoms with Crippen LogP contribution in [0.4, 0.5) is 0 Å². The van der Waals surface area contributed by atoms with Crippen LogP contribution in [-0.4, -0.2) is 28.9 Å². The zero-order valence-electron chi connectivity index (χ0n) is 10.7. The van der Waals surface area contributed by atoms with Crippen LogP contribution in [0.15, 0.2) is 40.8 Å². The molecule has 0 saturated carbocycles. The Hall–Kier alpha value is -2.14. The number of thiazole rings is 1. The van der Waals surface area contributed by atoms with Gasteiger partial charge in [-0.2, -0.15) is 0 Å². The summed E-state index contributed by atoms with van der Waals surface area (Å²) in [6.45, 7) is 1.66. The molecule has 4 nitrogen and oxygen atoms in total. The molecule has 100 valence electrons. The van der Waals surface area contributed by atoms with Crippen molar-refractivity contribution in [3.63, 3.8) is 0 Å². The number of hydrogen-bond donors (Lipinski definition) is 0. The fraction of sp³-hybridized carbons (Fsp3) is 0.200. The van der Waals surface area contributed by atoms with Crippen molar-refractivity contribution in [3.8, 4) is 10.8 Å². The summed E-state index contributed by atoms with van der Waals surface area (Å²) in [5.74, 6) is 1.04. The maximum absolute atomic E-state index is 12.1. The quantitative estimate of drug-likeness (QED) is 0.724. The highest BCUT2D eigenvalue weighted by Crippen LogP contribution is 2.31. The number of nitrogens with zero attached hydrogens (tertiary/aromatic N) is 2. The summed E-state index contributed by atoms with van der Waals surface area (Å²) in [5, 5.41) is 0.814. The van der Waals surface area contributed by atoms with Crippen molar-refractivity contribution in [3.05, 3.63) is 42.2 Å². The Morgan fingerprint density at radius 1 is 1.20 bits per heavy atom. The molecule has 1 fully saturated rings. The zero-order valence-corrected chi connectivity index (χ0v) is 11.5. The second kappa shape index (κ2) is 4.45. The van der Waals surface area contributed by atoms with E-state index in [1.54, 1.807) is 22.3 Å². The second-order valence-electron chi connectivity index (χ2n) is 4.80. The Balaban J connectivity index is 1.68. The van der Waals surface area contributed by atoms with Crippen molar-refractivity contribution in [1.82, 2.24) is 9.88 Å². The first-order chi connectivity index (χ1) is 9.81. The van der Waals surface area contributed by atoms with Gasteiger partial charge in [-0.25, -0.2) is 4.98 Å². The SMILES string of the molecule is O=C(c1ccc(-c2nc3ccccc3s2)o1)N1CCC1. The monoisotopic (exact) mass is 284 g/mol. The number of benzene rings is 1. The van der Waals surface area contributed by atoms with Gasteiger partial charge in [0.05, 0.1) is 10.2 Å². The minimum Gasteiger partial charge on any atom is -0.448 e. The predicted molar refractivity (Wildman–Crippen MR) is 77.8 cm³/mol. The first-order valence-electron chi connectivity index (χ1n) is 6.56. The van der Waals surface area contributed by atoms with Crippen LogP contribution in [0.5, 0.6) is 0 Å². The summed E-state index contributed by atoms with van der Waals surface area (Å²) in [6, 6.07) is 11.5. The standard InChI is InChI=1S/C15H12N2O2S/c18-15(17-8-3-9-17)12-7-6-11(19-12)14-16-10-4-1-2-5-13(10)20-14/h1-2,4-7H,3,8-9H2. The highest BCUT2D eigenvalue weighted by Gasteiger charge is 2.24. The molecule has 20 heavy (non-hydrogen) atoms. The van der Waals surface area contributed by atoms with Crippen LogP contribution in [0.25, 0.3) is 21.0 Å². The van der Waals surface area contributed by atoms with E-state index in [0.717, 1.165) is 34.7 Å². The van der Waals surface area contributed by atoms with Crippen molar-refractivity contribution in [1.29, 1.82) is 0 Å². The topological polar surface area (TPSA) is 46.3 Å². The molecule has 0 aliphatic carbocycles. The van der Waals surface area contributed by atoms with Crippen molar-refractivity contribution in [2.75, 3.05) is 13.1 Å². The lowest BCUT2D eigenvalue weighted by Crippen LogP contribution is -2.41. The van der Waals surface area contributed by atoms with Gasteiger partial charge in [0.15, 0.2) is 16.5 Å². The molecule has 0 radical (unpaired) electrons. The molecule has 0 N–H and O–H groups in total. The molecular formula is C15H12N2O2S. The zero-order chi connectivity index (χ0) is 13.5. The largest absolute Gasteiger partial charge is 0.448 e. The minimum absolute atomic E-state index is 0.0244. The van der Waals surface area contributed by atoms with E-state index in [0.29, 0.717) is 11.5 Å². The van der Waals surface area contributed by atoms with Gasteiger partial charge in [-0.1, -0.05) is 12.1 Å². The summed E-state index contributed by atoms with van der Waals surface area (Å²) < 4.78 is 6.79. The number of para-hydroxylation sites is 1. The molecule has 4 rings (SSSR count). The molecule has 3 heterocycles. The summed E-state index contributed by atoms with van der Waals surface area (Å²) in [7, 11) is 0. The molecule has 0 unspecified atom stereocenters. The minimum atomic E-state index is -0.0244. The maximum atomic E-state index is 12.1. The van der Waals surface area contributed by atoms with Gasteiger partial charge in [0.2, 0.25) is 0 Å². The van der Waals surface area contributed by atoms with Gasteiger partial charge in [0.1, 0.15) is 0 Å². The Bertz CT molecular complexity index is 753. The van der Waals surface area contributed by atoms with Crippen LogP contribution in [-0.2, 0) is 0 Å². The van der Waals surface area contributed by atoms with Gasteiger partial charge in [-0.05, 0) is 30.7 Å². The van der Waals surface area contributed by atoms with Crippen LogP contribution in [0.3, 0.4) is 0 Å². The molecule has 3 aromatic rings. The Labute approximate surface area is 119 Å². The summed E-state index contributed by atoms with van der Waals surface area (Å²) in [5.41, 5.74) is 0.958. The van der Waals surface area contributed by atoms with Crippen LogP contribution in [0.2, 0.25) is 0 Å². The lowest BCUT2D eigenvalue weighted by atomic mass is 10.2. The fourth-order valence-electron chi connectivity index (χ4n) is 2.22. The predicted octanol–water partition coefficient (Wildman–Crippen LogP) is 3.40. The van der Waals surface area contributed by atoms with E-state index < -0.39 is 0 Å². The average molecular weight is 284 g/mol. The van der Waals surface area contributed by atoms with Crippen LogP contribution < -0.4 is 0 Å². The van der Waals surface area contributed by atoms with Gasteiger partial charge in [0.25, 0.3) is 5.91 Å². The Kier molecular flexibility index (Phi) is 2.60. The third kappa shape index (κ3) is 1.82. The van der Waals surface area contributed by atoms with Crippen LogP contribution in [0, 0.1) is 0 Å². The molecule has 0 bridgehead atoms. The Morgan fingerprint density at radius 2 is 2.05 bits per heavy atom. The first-order valence-corrected chi connectivity index (χ1v) is 7.38. The number of fused-ring (bicyclic) bond motifs is 1. The molecule has 1 saturated heterocycles. The lowest BCUT2D eigenvalue weighted by Gasteiger charge is -2.29. The third-order valence-corrected chi connectivity index (χ3v) is 4.52. The van der Waals surface area contributed by atoms with E-state index >= 15 is 0 Å². The van der Waals surface area contributed by atoms with Crippen molar-refractivity contribution in [2.45, 2.75) is 6.42 Å². The summed E-state index contributed by atoms with van der Waals surface area (Å²) >= 11 is 1.57. The average Bonchev–Trinajstić information content (AvgIpc) is 3.03. The van der Waals surface area contributed by atoms with E-state index in [4.69, 9.17) is 4.42 Å². The number of likely N-dealkylation sites (tertiary alicyclic amines) is 1. The van der Waals surface area contributed by atoms with Crippen molar-refractivity contribution < 1.29 is 9.21 Å². The number of carbonyl (C=O) groups excluding carboxylic acids is 1. The molecule has 1 amide bonds. The summed E-state index contributed by atoms with van der Waals surface area (Å²) in [4.78, 5) is 18.4. The van der Waals surface area contributed by atoms with Crippen molar-refractivity contribution in [2.24, 2.45) is 0 Å². The van der Waals surface area contributed by atoms with E-state index in [9.17, 15) is 4.79 Å². The van der Waals surface area contributed by atoms with E-state index in [1.165, 1.54) is 0 Å². The molecule has 2 aromatic heterocycles. The molecule has 5 heteroatoms. The van der Waals surface area contributed by atoms with E-state index in [-0.39, 0.29) is 5.91 Å². The van der Waals surface area contributed by atoms with Gasteiger partial charge in [0, 0.05) is 13.1 Å². The highest BCUT2D eigenvalue weighted by molar-refractivity contribution is 7.21. The maximum Gasteiger partial charge on any atom is 0.289 e. The van der Waals surface area contributed by atoms with Gasteiger partial charge in [-0.3, -0.25) is 4.79 Å². The fourth-order valence-corrected chi connectivity index (χ4v) is 3.15. The third-order valence-electron chi connectivity index (χ3n) is 3.46. The van der Waals surface area contributed by atoms with Crippen molar-refractivity contribution >= 4 is 27.5 Å². The van der Waals surface area contributed by atoms with Gasteiger partial charge >= 0.3 is 0 Å². The molecule has 0 atom stereocenters. The molecular weight excluding hydrogens is 272 g/mol. The summed E-state index contributed by atoms with van der Waals surface area (Å²) in [6.07, 6.45) is 1.08. The molecule has 0 spiro atoms. The number of carbonyl (C=O) groups is 1. The number of rotatable bonds is 2. The van der Waals surface area contributed by atoms with Crippen LogP contribution in [0.1, 0.15) is 17.0 Å². The normalized spacial score (nSPS) is 14.5. The highest BCUT2D eigenvalue weighted by atomic mass is 32.1.